The summed E-state index contributed by atoms with van der Waals surface area (Å²) in [5.74, 6) is 0. The standard InChI is InChI=1S/C30H60O/c1-2-3-4-5-6-7-8-9-10-11-12-13-14-15-16-17-18-19-20-21-22-23-24-25-26-27-28-30-29-31-30/h30H,2-29H2,1H3. The fraction of sp³-hybridized carbons (Fsp3) is 1.00. The van der Waals surface area contributed by atoms with Gasteiger partial charge in [0.1, 0.15) is 0 Å². The molecule has 186 valence electrons. The SMILES string of the molecule is CCCCCCCCCCCCCCCCCCCCCCCCCCCCC1CO1. The zero-order chi connectivity index (χ0) is 22.1. The van der Waals surface area contributed by atoms with Crippen LogP contribution in [0.1, 0.15) is 180 Å². The van der Waals surface area contributed by atoms with Gasteiger partial charge in [-0.3, -0.25) is 0 Å². The van der Waals surface area contributed by atoms with Gasteiger partial charge in [0.25, 0.3) is 0 Å². The average molecular weight is 437 g/mol. The van der Waals surface area contributed by atoms with E-state index >= 15 is 0 Å². The first-order valence-corrected chi connectivity index (χ1v) is 15.0. The molecule has 1 rings (SSSR count). The van der Waals surface area contributed by atoms with Crippen LogP contribution in [0.3, 0.4) is 0 Å². The van der Waals surface area contributed by atoms with Crippen LogP contribution in [-0.4, -0.2) is 12.7 Å². The smallest absolute Gasteiger partial charge is 0.0810 e. The summed E-state index contributed by atoms with van der Waals surface area (Å²) in [6.07, 6.45) is 40.2. The first kappa shape index (κ1) is 29.0. The Morgan fingerprint density at radius 2 is 0.613 bits per heavy atom. The van der Waals surface area contributed by atoms with Crippen LogP contribution in [0.15, 0.2) is 0 Å². The number of unbranched alkanes of at least 4 members (excludes halogenated alkanes) is 25. The minimum Gasteiger partial charge on any atom is -0.373 e. The third-order valence-corrected chi connectivity index (χ3v) is 7.28. The highest BCUT2D eigenvalue weighted by Gasteiger charge is 2.20. The Morgan fingerprint density at radius 3 is 0.839 bits per heavy atom. The lowest BCUT2D eigenvalue weighted by Crippen LogP contribution is -1.86. The van der Waals surface area contributed by atoms with E-state index < -0.39 is 0 Å². The van der Waals surface area contributed by atoms with Crippen molar-refractivity contribution in [3.63, 3.8) is 0 Å². The molecule has 1 fully saturated rings. The van der Waals surface area contributed by atoms with Crippen molar-refractivity contribution in [3.8, 4) is 0 Å². The van der Waals surface area contributed by atoms with E-state index in [2.05, 4.69) is 6.92 Å². The fourth-order valence-electron chi connectivity index (χ4n) is 4.92. The maximum absolute atomic E-state index is 5.27. The summed E-state index contributed by atoms with van der Waals surface area (Å²) in [6.45, 7) is 3.35. The summed E-state index contributed by atoms with van der Waals surface area (Å²) in [7, 11) is 0. The summed E-state index contributed by atoms with van der Waals surface area (Å²) in [5, 5.41) is 0. The van der Waals surface area contributed by atoms with E-state index in [1.807, 2.05) is 0 Å². The van der Waals surface area contributed by atoms with Crippen LogP contribution < -0.4 is 0 Å². The second kappa shape index (κ2) is 24.6. The van der Waals surface area contributed by atoms with E-state index in [0.29, 0.717) is 6.10 Å². The number of rotatable bonds is 27. The van der Waals surface area contributed by atoms with Gasteiger partial charge in [0.2, 0.25) is 0 Å². The lowest BCUT2D eigenvalue weighted by Gasteiger charge is -2.04. The molecule has 1 atom stereocenters. The van der Waals surface area contributed by atoms with Crippen LogP contribution in [0.5, 0.6) is 0 Å². The van der Waals surface area contributed by atoms with Gasteiger partial charge in [-0.15, -0.1) is 0 Å². The molecule has 0 amide bonds. The van der Waals surface area contributed by atoms with Gasteiger partial charge < -0.3 is 4.74 Å². The van der Waals surface area contributed by atoms with Crippen molar-refractivity contribution < 1.29 is 4.74 Å². The van der Waals surface area contributed by atoms with Gasteiger partial charge >= 0.3 is 0 Å². The van der Waals surface area contributed by atoms with E-state index in [9.17, 15) is 0 Å². The lowest BCUT2D eigenvalue weighted by atomic mass is 10.0. The summed E-state index contributed by atoms with van der Waals surface area (Å²) < 4.78 is 5.27. The van der Waals surface area contributed by atoms with Gasteiger partial charge in [0.05, 0.1) is 12.7 Å². The van der Waals surface area contributed by atoms with Crippen LogP contribution >= 0.6 is 0 Å². The molecule has 1 heteroatoms. The molecule has 31 heavy (non-hydrogen) atoms. The predicted octanol–water partition coefficient (Wildman–Crippen LogP) is 10.9. The average Bonchev–Trinajstić information content (AvgIpc) is 3.60. The van der Waals surface area contributed by atoms with E-state index in [4.69, 9.17) is 4.74 Å². The van der Waals surface area contributed by atoms with Crippen molar-refractivity contribution in [2.45, 2.75) is 186 Å². The van der Waals surface area contributed by atoms with Crippen LogP contribution in [0, 0.1) is 0 Å². The third kappa shape index (κ3) is 24.4. The van der Waals surface area contributed by atoms with Crippen LogP contribution in [-0.2, 0) is 4.74 Å². The second-order valence-electron chi connectivity index (χ2n) is 10.6. The number of hydrogen-bond acceptors (Lipinski definition) is 1. The quantitative estimate of drug-likeness (QED) is 0.0921. The Balaban J connectivity index is 1.58. The molecule has 1 aliphatic heterocycles. The molecule has 0 saturated carbocycles. The molecule has 0 radical (unpaired) electrons. The highest BCUT2D eigenvalue weighted by Crippen LogP contribution is 2.19. The first-order valence-electron chi connectivity index (χ1n) is 15.0. The summed E-state index contributed by atoms with van der Waals surface area (Å²) in [6, 6.07) is 0. The molecule has 0 aromatic carbocycles. The van der Waals surface area contributed by atoms with Gasteiger partial charge in [0.15, 0.2) is 0 Å². The van der Waals surface area contributed by atoms with Crippen LogP contribution in [0.2, 0.25) is 0 Å². The fourth-order valence-corrected chi connectivity index (χ4v) is 4.92. The lowest BCUT2D eigenvalue weighted by molar-refractivity contribution is 0.387. The molecule has 1 nitrogen and oxygen atoms in total. The third-order valence-electron chi connectivity index (χ3n) is 7.28. The highest BCUT2D eigenvalue weighted by atomic mass is 16.6. The Kier molecular flexibility index (Phi) is 23.0. The van der Waals surface area contributed by atoms with E-state index in [0.717, 1.165) is 6.61 Å². The first-order chi connectivity index (χ1) is 15.4. The van der Waals surface area contributed by atoms with Gasteiger partial charge in [0, 0.05) is 0 Å². The molecule has 0 aromatic rings. The molecule has 1 unspecified atom stereocenters. The largest absolute Gasteiger partial charge is 0.373 e. The zero-order valence-electron chi connectivity index (χ0n) is 21.8. The second-order valence-corrected chi connectivity index (χ2v) is 10.6. The summed E-state index contributed by atoms with van der Waals surface area (Å²) >= 11 is 0. The van der Waals surface area contributed by atoms with E-state index in [1.54, 1.807) is 0 Å². The minimum absolute atomic E-state index is 0.648. The van der Waals surface area contributed by atoms with E-state index in [-0.39, 0.29) is 0 Å². The summed E-state index contributed by atoms with van der Waals surface area (Å²) in [5.41, 5.74) is 0. The molecule has 0 N–H and O–H groups in total. The Labute approximate surface area is 197 Å². The van der Waals surface area contributed by atoms with Gasteiger partial charge in [-0.2, -0.15) is 0 Å². The summed E-state index contributed by atoms with van der Waals surface area (Å²) in [4.78, 5) is 0. The zero-order valence-corrected chi connectivity index (χ0v) is 21.8. The molecule has 1 saturated heterocycles. The van der Waals surface area contributed by atoms with Crippen LogP contribution in [0.4, 0.5) is 0 Å². The molecule has 0 bridgehead atoms. The molecule has 0 aliphatic carbocycles. The van der Waals surface area contributed by atoms with E-state index in [1.165, 1.54) is 173 Å². The van der Waals surface area contributed by atoms with Crippen molar-refractivity contribution in [2.75, 3.05) is 6.61 Å². The number of ether oxygens (including phenoxy) is 1. The topological polar surface area (TPSA) is 12.5 Å². The van der Waals surface area contributed by atoms with Crippen molar-refractivity contribution in [2.24, 2.45) is 0 Å². The van der Waals surface area contributed by atoms with Gasteiger partial charge in [-0.25, -0.2) is 0 Å². The Hall–Kier alpha value is -0.0400. The molecular formula is C30H60O. The Bertz CT molecular complexity index is 322. The van der Waals surface area contributed by atoms with Crippen molar-refractivity contribution in [3.05, 3.63) is 0 Å². The van der Waals surface area contributed by atoms with Crippen molar-refractivity contribution in [1.29, 1.82) is 0 Å². The minimum atomic E-state index is 0.648. The number of hydrogen-bond donors (Lipinski definition) is 0. The van der Waals surface area contributed by atoms with Crippen molar-refractivity contribution in [1.82, 2.24) is 0 Å². The van der Waals surface area contributed by atoms with Gasteiger partial charge in [-0.05, 0) is 6.42 Å². The normalized spacial score (nSPS) is 15.6. The monoisotopic (exact) mass is 436 g/mol. The van der Waals surface area contributed by atoms with Gasteiger partial charge in [-0.1, -0.05) is 174 Å². The molecule has 0 aromatic heterocycles. The maximum Gasteiger partial charge on any atom is 0.0810 e. The molecule has 1 aliphatic rings. The van der Waals surface area contributed by atoms with Crippen LogP contribution in [0.25, 0.3) is 0 Å². The molecule has 1 heterocycles. The molecule has 0 spiro atoms. The Morgan fingerprint density at radius 1 is 0.387 bits per heavy atom. The molecular weight excluding hydrogens is 376 g/mol. The predicted molar refractivity (Wildman–Crippen MR) is 140 cm³/mol. The number of epoxide rings is 1. The highest BCUT2D eigenvalue weighted by molar-refractivity contribution is 4.68. The van der Waals surface area contributed by atoms with Crippen molar-refractivity contribution >= 4 is 0 Å². The maximum atomic E-state index is 5.27.